The number of ether oxygens (including phenoxy) is 2. The van der Waals surface area contributed by atoms with Gasteiger partial charge in [0.25, 0.3) is 0 Å². The molecule has 0 bridgehead atoms. The first kappa shape index (κ1) is 14.3. The molecule has 0 atom stereocenters. The van der Waals surface area contributed by atoms with Gasteiger partial charge in [0.1, 0.15) is 0 Å². The lowest BCUT2D eigenvalue weighted by Crippen LogP contribution is -2.49. The third-order valence-electron chi connectivity index (χ3n) is 5.10. The smallest absolute Gasteiger partial charge is 0.225 e. The van der Waals surface area contributed by atoms with E-state index in [1.807, 2.05) is 0 Å². The van der Waals surface area contributed by atoms with E-state index in [4.69, 9.17) is 9.47 Å². The van der Waals surface area contributed by atoms with Crippen LogP contribution in [0.25, 0.3) is 0 Å². The summed E-state index contributed by atoms with van der Waals surface area (Å²) in [6, 6.07) is 0. The van der Waals surface area contributed by atoms with Crippen LogP contribution in [0.15, 0.2) is 0 Å². The molecule has 4 nitrogen and oxygen atoms in total. The molecular weight excluding hydrogens is 254 g/mol. The van der Waals surface area contributed by atoms with Crippen molar-refractivity contribution in [2.24, 2.45) is 5.92 Å². The zero-order valence-corrected chi connectivity index (χ0v) is 12.4. The van der Waals surface area contributed by atoms with Crippen molar-refractivity contribution in [3.8, 4) is 0 Å². The maximum Gasteiger partial charge on any atom is 0.225 e. The Balaban J connectivity index is 1.52. The molecular formula is C16H27NO3. The van der Waals surface area contributed by atoms with E-state index < -0.39 is 0 Å². The van der Waals surface area contributed by atoms with Gasteiger partial charge in [-0.25, -0.2) is 0 Å². The number of likely N-dealkylation sites (tertiary alicyclic amines) is 1. The van der Waals surface area contributed by atoms with E-state index in [0.717, 1.165) is 38.8 Å². The quantitative estimate of drug-likeness (QED) is 0.742. The van der Waals surface area contributed by atoms with Gasteiger partial charge in [-0.15, -0.1) is 0 Å². The Hall–Kier alpha value is -0.610. The predicted molar refractivity (Wildman–Crippen MR) is 76.3 cm³/mol. The molecule has 2 aliphatic heterocycles. The molecule has 1 aliphatic carbocycles. The van der Waals surface area contributed by atoms with E-state index in [9.17, 15) is 4.79 Å². The second-order valence-corrected chi connectivity index (χ2v) is 6.47. The fourth-order valence-corrected chi connectivity index (χ4v) is 3.81. The van der Waals surface area contributed by atoms with Gasteiger partial charge in [-0.05, 0) is 12.8 Å². The van der Waals surface area contributed by atoms with Crippen LogP contribution < -0.4 is 0 Å². The summed E-state index contributed by atoms with van der Waals surface area (Å²) in [7, 11) is 0. The Labute approximate surface area is 121 Å². The molecule has 1 amide bonds. The summed E-state index contributed by atoms with van der Waals surface area (Å²) in [5.74, 6) is 0.298. The second-order valence-electron chi connectivity index (χ2n) is 6.47. The Kier molecular flexibility index (Phi) is 4.61. The van der Waals surface area contributed by atoms with Crippen LogP contribution in [0.4, 0.5) is 0 Å². The van der Waals surface area contributed by atoms with Crippen LogP contribution in [-0.4, -0.2) is 42.9 Å². The first-order valence-electron chi connectivity index (χ1n) is 8.36. The lowest BCUT2D eigenvalue weighted by atomic mass is 9.89. The minimum absolute atomic E-state index is 0.273. The molecule has 1 saturated carbocycles. The molecule has 20 heavy (non-hydrogen) atoms. The fourth-order valence-electron chi connectivity index (χ4n) is 3.81. The van der Waals surface area contributed by atoms with Gasteiger partial charge in [0.2, 0.25) is 5.91 Å². The highest BCUT2D eigenvalue weighted by molar-refractivity contribution is 5.79. The molecule has 0 unspecified atom stereocenters. The summed E-state index contributed by atoms with van der Waals surface area (Å²) in [6.45, 7) is 3.01. The van der Waals surface area contributed by atoms with Crippen molar-refractivity contribution < 1.29 is 14.3 Å². The van der Waals surface area contributed by atoms with Crippen molar-refractivity contribution in [3.63, 3.8) is 0 Å². The van der Waals surface area contributed by atoms with Gasteiger partial charge < -0.3 is 14.4 Å². The number of carbonyl (C=O) groups excluding carboxylic acids is 1. The van der Waals surface area contributed by atoms with Crippen molar-refractivity contribution >= 4 is 5.91 Å². The van der Waals surface area contributed by atoms with Gasteiger partial charge in [0.05, 0.1) is 13.2 Å². The summed E-state index contributed by atoms with van der Waals surface area (Å²) in [4.78, 5) is 14.7. The van der Waals surface area contributed by atoms with Crippen LogP contribution in [0.2, 0.25) is 0 Å². The molecule has 3 rings (SSSR count). The molecule has 0 aromatic carbocycles. The highest BCUT2D eigenvalue weighted by atomic mass is 16.7. The highest BCUT2D eigenvalue weighted by Gasteiger charge is 2.41. The molecule has 2 saturated heterocycles. The molecule has 3 aliphatic rings. The highest BCUT2D eigenvalue weighted by Crippen LogP contribution is 2.33. The van der Waals surface area contributed by atoms with Crippen molar-refractivity contribution in [3.05, 3.63) is 0 Å². The minimum Gasteiger partial charge on any atom is -0.347 e. The lowest BCUT2D eigenvalue weighted by molar-refractivity contribution is -0.188. The average Bonchev–Trinajstić information content (AvgIpc) is 2.87. The number of amides is 1. The third-order valence-corrected chi connectivity index (χ3v) is 5.10. The van der Waals surface area contributed by atoms with Gasteiger partial charge in [-0.3, -0.25) is 4.79 Å². The summed E-state index contributed by atoms with van der Waals surface area (Å²) in [5.41, 5.74) is 0. The van der Waals surface area contributed by atoms with Crippen molar-refractivity contribution in [1.82, 2.24) is 4.90 Å². The molecule has 0 aromatic heterocycles. The number of rotatable bonds is 1. The van der Waals surface area contributed by atoms with E-state index in [1.165, 1.54) is 32.1 Å². The van der Waals surface area contributed by atoms with E-state index in [1.54, 1.807) is 0 Å². The van der Waals surface area contributed by atoms with Crippen LogP contribution in [0.1, 0.15) is 57.8 Å². The Morgan fingerprint density at radius 3 is 2.05 bits per heavy atom. The molecule has 114 valence electrons. The van der Waals surface area contributed by atoms with E-state index in [2.05, 4.69) is 4.90 Å². The van der Waals surface area contributed by atoms with Crippen molar-refractivity contribution in [1.29, 1.82) is 0 Å². The molecule has 4 heteroatoms. The number of nitrogens with zero attached hydrogens (tertiary/aromatic N) is 1. The number of hydrogen-bond donors (Lipinski definition) is 0. The Morgan fingerprint density at radius 2 is 1.45 bits per heavy atom. The molecule has 1 spiro atoms. The van der Waals surface area contributed by atoms with Crippen LogP contribution in [0.5, 0.6) is 0 Å². The number of hydrogen-bond acceptors (Lipinski definition) is 3. The largest absolute Gasteiger partial charge is 0.347 e. The van der Waals surface area contributed by atoms with Crippen LogP contribution in [0, 0.1) is 5.92 Å². The number of piperidine rings is 1. The molecule has 0 aromatic rings. The van der Waals surface area contributed by atoms with Gasteiger partial charge >= 0.3 is 0 Å². The first-order valence-corrected chi connectivity index (χ1v) is 8.36. The predicted octanol–water partition coefficient (Wildman–Crippen LogP) is 2.71. The van der Waals surface area contributed by atoms with Crippen molar-refractivity contribution in [2.45, 2.75) is 63.6 Å². The Bertz CT molecular complexity index is 321. The molecule has 3 fully saturated rings. The zero-order chi connectivity index (χ0) is 13.8. The molecule has 2 heterocycles. The zero-order valence-electron chi connectivity index (χ0n) is 12.4. The molecule has 0 radical (unpaired) electrons. The summed E-state index contributed by atoms with van der Waals surface area (Å²) >= 11 is 0. The van der Waals surface area contributed by atoms with Crippen molar-refractivity contribution in [2.75, 3.05) is 26.3 Å². The molecule has 0 N–H and O–H groups in total. The van der Waals surface area contributed by atoms with Gasteiger partial charge in [0.15, 0.2) is 5.79 Å². The summed E-state index contributed by atoms with van der Waals surface area (Å²) < 4.78 is 11.5. The minimum atomic E-state index is -0.363. The maximum atomic E-state index is 12.7. The number of carbonyl (C=O) groups is 1. The van der Waals surface area contributed by atoms with Gasteiger partial charge in [-0.1, -0.05) is 32.1 Å². The Morgan fingerprint density at radius 1 is 0.900 bits per heavy atom. The van der Waals surface area contributed by atoms with E-state index >= 15 is 0 Å². The third kappa shape index (κ3) is 3.17. The topological polar surface area (TPSA) is 38.8 Å². The van der Waals surface area contributed by atoms with E-state index in [0.29, 0.717) is 19.1 Å². The lowest BCUT2D eigenvalue weighted by Gasteiger charge is -2.39. The van der Waals surface area contributed by atoms with Crippen LogP contribution >= 0.6 is 0 Å². The van der Waals surface area contributed by atoms with Crippen LogP contribution in [0.3, 0.4) is 0 Å². The standard InChI is InChI=1S/C16H27NO3/c18-15(14-6-4-2-1-3-5-7-14)17-10-8-16(9-11-17)19-12-13-20-16/h14H,1-13H2. The second kappa shape index (κ2) is 6.44. The SMILES string of the molecule is O=C(C1CCCCCCC1)N1CCC2(CC1)OCCO2. The average molecular weight is 281 g/mol. The summed E-state index contributed by atoms with van der Waals surface area (Å²) in [5, 5.41) is 0. The normalized spacial score (nSPS) is 28.3. The van der Waals surface area contributed by atoms with E-state index in [-0.39, 0.29) is 11.7 Å². The van der Waals surface area contributed by atoms with Gasteiger partial charge in [-0.2, -0.15) is 0 Å². The first-order chi connectivity index (χ1) is 9.79. The van der Waals surface area contributed by atoms with Crippen LogP contribution in [-0.2, 0) is 14.3 Å². The monoisotopic (exact) mass is 281 g/mol. The van der Waals surface area contributed by atoms with Gasteiger partial charge in [0, 0.05) is 31.8 Å². The fraction of sp³-hybridized carbons (Fsp3) is 0.938. The maximum absolute atomic E-state index is 12.7. The summed E-state index contributed by atoms with van der Waals surface area (Å²) in [6.07, 6.45) is 10.3.